The molecular weight excluding hydrogens is 427 g/mol. The number of nitrogens with zero attached hydrogens (tertiary/aromatic N) is 2. The minimum atomic E-state index is -4.73. The standard InChI is InChI=1S/C22H28F3N3O4/c1-31-9-7-21-26-8-6-15(28-21)10-17-18(13-29)20(30)11-19(17)27-12-14-2-4-16(5-3-14)32-22(23,24)25/h2-6,8,17-20,27,29-30H,7,9-13H2,1H3/t17-,18-,19-,20-/m1/s1. The molecule has 0 radical (unpaired) electrons. The molecule has 1 heterocycles. The molecule has 10 heteroatoms. The van der Waals surface area contributed by atoms with Crippen LogP contribution >= 0.6 is 0 Å². The molecule has 1 aliphatic rings. The van der Waals surface area contributed by atoms with Gasteiger partial charge in [0.05, 0.1) is 12.7 Å². The molecule has 1 aromatic heterocycles. The van der Waals surface area contributed by atoms with Gasteiger partial charge >= 0.3 is 6.36 Å². The van der Waals surface area contributed by atoms with Crippen molar-refractivity contribution in [3.63, 3.8) is 0 Å². The van der Waals surface area contributed by atoms with Crippen LogP contribution in [0.3, 0.4) is 0 Å². The Hall–Kier alpha value is -2.27. The summed E-state index contributed by atoms with van der Waals surface area (Å²) < 4.78 is 45.9. The van der Waals surface area contributed by atoms with Gasteiger partial charge in [0.25, 0.3) is 0 Å². The van der Waals surface area contributed by atoms with Crippen LogP contribution in [0.2, 0.25) is 0 Å². The number of aromatic nitrogens is 2. The lowest BCUT2D eigenvalue weighted by molar-refractivity contribution is -0.274. The minimum absolute atomic E-state index is 0.0620. The van der Waals surface area contributed by atoms with Gasteiger partial charge in [0.15, 0.2) is 0 Å². The Morgan fingerprint density at radius 1 is 1.16 bits per heavy atom. The first-order valence-electron chi connectivity index (χ1n) is 10.5. The first kappa shape index (κ1) is 24.4. The summed E-state index contributed by atoms with van der Waals surface area (Å²) >= 11 is 0. The van der Waals surface area contributed by atoms with Crippen LogP contribution in [-0.4, -0.2) is 59.0 Å². The van der Waals surface area contributed by atoms with Crippen LogP contribution in [0.1, 0.15) is 23.5 Å². The molecule has 4 atom stereocenters. The average Bonchev–Trinajstić information content (AvgIpc) is 3.05. The SMILES string of the molecule is COCCc1nccc(C[C@@H]2[C@@H](CO)[C@H](O)C[C@H]2NCc2ccc(OC(F)(F)F)cc2)n1. The largest absolute Gasteiger partial charge is 0.573 e. The van der Waals surface area contributed by atoms with E-state index in [1.807, 2.05) is 6.07 Å². The van der Waals surface area contributed by atoms with Gasteiger partial charge in [0.2, 0.25) is 0 Å². The number of nitrogens with one attached hydrogen (secondary N) is 1. The Bertz CT molecular complexity index is 851. The van der Waals surface area contributed by atoms with Crippen LogP contribution in [-0.2, 0) is 24.1 Å². The van der Waals surface area contributed by atoms with E-state index in [-0.39, 0.29) is 30.2 Å². The number of aliphatic hydroxyl groups is 2. The monoisotopic (exact) mass is 455 g/mol. The summed E-state index contributed by atoms with van der Waals surface area (Å²) in [6, 6.07) is 7.39. The summed E-state index contributed by atoms with van der Waals surface area (Å²) in [5, 5.41) is 23.7. The van der Waals surface area contributed by atoms with Crippen molar-refractivity contribution in [1.82, 2.24) is 15.3 Å². The molecule has 3 N–H and O–H groups in total. The maximum atomic E-state index is 12.3. The van der Waals surface area contributed by atoms with Crippen LogP contribution in [0.4, 0.5) is 13.2 Å². The maximum absolute atomic E-state index is 12.3. The minimum Gasteiger partial charge on any atom is -0.406 e. The van der Waals surface area contributed by atoms with Crippen molar-refractivity contribution in [2.24, 2.45) is 11.8 Å². The van der Waals surface area contributed by atoms with E-state index < -0.39 is 12.5 Å². The number of alkyl halides is 3. The van der Waals surface area contributed by atoms with Gasteiger partial charge < -0.3 is 25.0 Å². The summed E-state index contributed by atoms with van der Waals surface area (Å²) in [6.45, 7) is 0.776. The normalized spacial score (nSPS) is 23.4. The predicted molar refractivity (Wildman–Crippen MR) is 110 cm³/mol. The lowest BCUT2D eigenvalue weighted by atomic mass is 9.88. The molecule has 3 rings (SSSR count). The fourth-order valence-corrected chi connectivity index (χ4v) is 4.15. The Balaban J connectivity index is 1.64. The van der Waals surface area contributed by atoms with Crippen molar-refractivity contribution in [1.29, 1.82) is 0 Å². The highest BCUT2D eigenvalue weighted by Gasteiger charge is 2.42. The number of aliphatic hydroxyl groups excluding tert-OH is 2. The van der Waals surface area contributed by atoms with Gasteiger partial charge in [-0.05, 0) is 42.5 Å². The van der Waals surface area contributed by atoms with Gasteiger partial charge in [0.1, 0.15) is 11.6 Å². The number of methoxy groups -OCH3 is 1. The van der Waals surface area contributed by atoms with Gasteiger partial charge in [-0.1, -0.05) is 12.1 Å². The molecule has 1 aliphatic carbocycles. The molecule has 1 aromatic carbocycles. The summed E-state index contributed by atoms with van der Waals surface area (Å²) in [7, 11) is 1.61. The second-order valence-corrected chi connectivity index (χ2v) is 7.90. The number of rotatable bonds is 10. The second-order valence-electron chi connectivity index (χ2n) is 7.90. The van der Waals surface area contributed by atoms with E-state index >= 15 is 0 Å². The van der Waals surface area contributed by atoms with Crippen molar-refractivity contribution in [3.05, 3.63) is 53.6 Å². The van der Waals surface area contributed by atoms with Crippen molar-refractivity contribution >= 4 is 0 Å². The van der Waals surface area contributed by atoms with Crippen LogP contribution in [0.5, 0.6) is 5.75 Å². The number of halogens is 3. The molecule has 0 amide bonds. The molecule has 1 fully saturated rings. The third kappa shape index (κ3) is 6.86. The maximum Gasteiger partial charge on any atom is 0.573 e. The fraction of sp³-hybridized carbons (Fsp3) is 0.545. The fourth-order valence-electron chi connectivity index (χ4n) is 4.15. The zero-order valence-corrected chi connectivity index (χ0v) is 17.8. The lowest BCUT2D eigenvalue weighted by Gasteiger charge is -2.25. The van der Waals surface area contributed by atoms with Gasteiger partial charge in [-0.2, -0.15) is 0 Å². The van der Waals surface area contributed by atoms with Crippen molar-refractivity contribution in [2.75, 3.05) is 20.3 Å². The Morgan fingerprint density at radius 3 is 2.56 bits per heavy atom. The molecule has 1 saturated carbocycles. The van der Waals surface area contributed by atoms with E-state index in [0.717, 1.165) is 11.3 Å². The third-order valence-corrected chi connectivity index (χ3v) is 5.73. The molecular formula is C22H28F3N3O4. The number of hydrogen-bond donors (Lipinski definition) is 3. The van der Waals surface area contributed by atoms with Crippen molar-refractivity contribution < 1.29 is 32.9 Å². The van der Waals surface area contributed by atoms with Gasteiger partial charge in [0, 0.05) is 50.5 Å². The predicted octanol–water partition coefficient (Wildman–Crippen LogP) is 2.25. The van der Waals surface area contributed by atoms with E-state index in [0.29, 0.717) is 38.2 Å². The van der Waals surface area contributed by atoms with Crippen molar-refractivity contribution in [3.8, 4) is 5.75 Å². The topological polar surface area (TPSA) is 96.7 Å². The van der Waals surface area contributed by atoms with Gasteiger partial charge in [-0.25, -0.2) is 9.97 Å². The average molecular weight is 455 g/mol. The lowest BCUT2D eigenvalue weighted by Crippen LogP contribution is -2.36. The van der Waals surface area contributed by atoms with Gasteiger partial charge in [-0.3, -0.25) is 0 Å². The molecule has 0 saturated heterocycles. The Morgan fingerprint density at radius 2 is 1.91 bits per heavy atom. The highest BCUT2D eigenvalue weighted by molar-refractivity contribution is 5.27. The molecule has 32 heavy (non-hydrogen) atoms. The first-order chi connectivity index (χ1) is 15.3. The molecule has 0 aliphatic heterocycles. The number of hydrogen-bond acceptors (Lipinski definition) is 7. The molecule has 0 bridgehead atoms. The highest BCUT2D eigenvalue weighted by atomic mass is 19.4. The summed E-state index contributed by atoms with van der Waals surface area (Å²) in [6.07, 6.45) is -2.07. The van der Waals surface area contributed by atoms with Crippen LogP contribution in [0.25, 0.3) is 0 Å². The van der Waals surface area contributed by atoms with Crippen LogP contribution in [0.15, 0.2) is 36.5 Å². The van der Waals surface area contributed by atoms with E-state index in [1.54, 1.807) is 25.4 Å². The third-order valence-electron chi connectivity index (χ3n) is 5.73. The van der Waals surface area contributed by atoms with Gasteiger partial charge in [-0.15, -0.1) is 13.2 Å². The van der Waals surface area contributed by atoms with E-state index in [9.17, 15) is 23.4 Å². The van der Waals surface area contributed by atoms with Crippen LogP contribution < -0.4 is 10.1 Å². The summed E-state index contributed by atoms with van der Waals surface area (Å²) in [4.78, 5) is 8.81. The summed E-state index contributed by atoms with van der Waals surface area (Å²) in [5.41, 5.74) is 1.60. The van der Waals surface area contributed by atoms with Crippen molar-refractivity contribution in [2.45, 2.75) is 44.3 Å². The molecule has 176 valence electrons. The van der Waals surface area contributed by atoms with E-state index in [2.05, 4.69) is 20.0 Å². The second kappa shape index (κ2) is 11.0. The molecule has 0 unspecified atom stereocenters. The Labute approximate surface area is 184 Å². The molecule has 2 aromatic rings. The number of benzene rings is 1. The van der Waals surface area contributed by atoms with E-state index in [1.165, 1.54) is 12.1 Å². The van der Waals surface area contributed by atoms with Crippen LogP contribution in [0, 0.1) is 11.8 Å². The first-order valence-corrected chi connectivity index (χ1v) is 10.5. The zero-order chi connectivity index (χ0) is 23.1. The summed E-state index contributed by atoms with van der Waals surface area (Å²) in [5.74, 6) is 0.0402. The highest BCUT2D eigenvalue weighted by Crippen LogP contribution is 2.35. The smallest absolute Gasteiger partial charge is 0.406 e. The van der Waals surface area contributed by atoms with E-state index in [4.69, 9.17) is 4.74 Å². The zero-order valence-electron chi connectivity index (χ0n) is 17.8. The Kier molecular flexibility index (Phi) is 8.41. The number of ether oxygens (including phenoxy) is 2. The molecule has 7 nitrogen and oxygen atoms in total. The molecule has 0 spiro atoms. The quantitative estimate of drug-likeness (QED) is 0.506.